The molecule has 0 saturated carbocycles. The largest absolute Gasteiger partial charge is 0.298 e. The van der Waals surface area contributed by atoms with Gasteiger partial charge in [-0.25, -0.2) is 0 Å². The second-order valence-electron chi connectivity index (χ2n) is 9.12. The average molecular weight is 678 g/mol. The summed E-state index contributed by atoms with van der Waals surface area (Å²) in [6.07, 6.45) is 6.93. The molecule has 4 aromatic rings. The molecular weight excluding hydrogens is 658 g/mol. The van der Waals surface area contributed by atoms with Gasteiger partial charge in [0.25, 0.3) is 0 Å². The van der Waals surface area contributed by atoms with E-state index < -0.39 is 11.6 Å². The van der Waals surface area contributed by atoms with Gasteiger partial charge in [-0.3, -0.25) is 40.0 Å². The summed E-state index contributed by atoms with van der Waals surface area (Å²) in [6.45, 7) is 0. The molecule has 0 spiro atoms. The van der Waals surface area contributed by atoms with Crippen LogP contribution in [-0.2, 0) is 26.7 Å². The van der Waals surface area contributed by atoms with Gasteiger partial charge in [0.2, 0.25) is 11.6 Å². The van der Waals surface area contributed by atoms with Gasteiger partial charge in [-0.1, -0.05) is 23.2 Å². The van der Waals surface area contributed by atoms with Crippen molar-refractivity contribution in [2.24, 2.45) is 10.2 Å². The number of carbonyl (C=O) groups excluding carboxylic acids is 4. The second-order valence-corrected chi connectivity index (χ2v) is 10.00. The van der Waals surface area contributed by atoms with Crippen LogP contribution in [0.2, 0.25) is 10.0 Å². The fourth-order valence-electron chi connectivity index (χ4n) is 4.10. The van der Waals surface area contributed by atoms with Crippen LogP contribution < -0.4 is 10.9 Å². The molecule has 13 heteroatoms. The van der Waals surface area contributed by atoms with Crippen LogP contribution in [0, 0.1) is 0 Å². The first-order valence-corrected chi connectivity index (χ1v) is 13.7. The van der Waals surface area contributed by atoms with Gasteiger partial charge in [-0.05, 0) is 84.9 Å². The van der Waals surface area contributed by atoms with Gasteiger partial charge in [-0.2, -0.15) is 10.2 Å². The van der Waals surface area contributed by atoms with Crippen molar-refractivity contribution >= 4 is 70.1 Å². The van der Waals surface area contributed by atoms with Crippen LogP contribution in [-0.4, -0.2) is 45.5 Å². The Balaban J connectivity index is 0.000000200. The summed E-state index contributed by atoms with van der Waals surface area (Å²) < 4.78 is 0. The fraction of sp³-hybridized carbons (Fsp3) is 0. The molecule has 0 amide bonds. The summed E-state index contributed by atoms with van der Waals surface area (Å²) in [5.74, 6) is -0.785. The van der Waals surface area contributed by atoms with Gasteiger partial charge in [0, 0.05) is 50.6 Å². The Labute approximate surface area is 277 Å². The Hall–Kier alpha value is -5.06. The first-order chi connectivity index (χ1) is 21.4. The van der Waals surface area contributed by atoms with Crippen LogP contribution in [0.1, 0.15) is 32.1 Å². The number of benzene rings is 2. The first-order valence-electron chi connectivity index (χ1n) is 12.9. The number of aldehydes is 2. The number of rotatable bonds is 6. The van der Waals surface area contributed by atoms with E-state index in [2.05, 4.69) is 31.0 Å². The van der Waals surface area contributed by atoms with Crippen molar-refractivity contribution < 1.29 is 36.2 Å². The monoisotopic (exact) mass is 677 g/mol. The van der Waals surface area contributed by atoms with Crippen molar-refractivity contribution in [2.75, 3.05) is 10.9 Å². The van der Waals surface area contributed by atoms with Crippen LogP contribution in [0.25, 0.3) is 0 Å². The van der Waals surface area contributed by atoms with E-state index in [-0.39, 0.29) is 39.6 Å². The summed E-state index contributed by atoms with van der Waals surface area (Å²) in [6, 6.07) is 20.9. The van der Waals surface area contributed by atoms with E-state index in [1.165, 1.54) is 24.5 Å². The van der Waals surface area contributed by atoms with Gasteiger partial charge in [0.1, 0.15) is 11.4 Å². The third kappa shape index (κ3) is 7.72. The molecule has 2 heterocycles. The minimum absolute atomic E-state index is 0. The van der Waals surface area contributed by atoms with Crippen LogP contribution >= 0.6 is 23.2 Å². The molecule has 2 aromatic heterocycles. The van der Waals surface area contributed by atoms with E-state index in [1.807, 2.05) is 0 Å². The Bertz CT molecular complexity index is 1770. The minimum Gasteiger partial charge on any atom is -0.298 e. The predicted octanol–water partition coefficient (Wildman–Crippen LogP) is 5.74. The van der Waals surface area contributed by atoms with Gasteiger partial charge in [0.15, 0.2) is 12.6 Å². The van der Waals surface area contributed by atoms with Crippen LogP contribution in [0.4, 0.5) is 11.4 Å². The van der Waals surface area contributed by atoms with Gasteiger partial charge < -0.3 is 0 Å². The van der Waals surface area contributed by atoms with E-state index in [0.717, 1.165) is 11.4 Å². The predicted molar refractivity (Wildman–Crippen MR) is 169 cm³/mol. The topological polar surface area (TPSA) is 143 Å². The number of nitrogens with zero attached hydrogens (tertiary/aromatic N) is 4. The molecule has 2 aliphatic carbocycles. The maximum absolute atomic E-state index is 12.1. The number of ketones is 2. The number of hydrazone groups is 2. The summed E-state index contributed by atoms with van der Waals surface area (Å²) in [5.41, 5.74) is 9.84. The van der Waals surface area contributed by atoms with Crippen molar-refractivity contribution in [1.82, 2.24) is 9.97 Å². The molecule has 2 aromatic carbocycles. The molecule has 0 fully saturated rings. The summed E-state index contributed by atoms with van der Waals surface area (Å²) in [4.78, 5) is 54.2. The van der Waals surface area contributed by atoms with Crippen molar-refractivity contribution in [3.8, 4) is 0 Å². The van der Waals surface area contributed by atoms with Crippen molar-refractivity contribution in [3.63, 3.8) is 0 Å². The zero-order valence-corrected chi connectivity index (χ0v) is 25.6. The number of Topliss-reactive ketones (excluding diaryl/α,β-unsaturated/α-hetero) is 2. The van der Waals surface area contributed by atoms with E-state index in [4.69, 9.17) is 23.2 Å². The summed E-state index contributed by atoms with van der Waals surface area (Å²) in [7, 11) is 0. The normalized spacial score (nSPS) is 14.9. The van der Waals surface area contributed by atoms with E-state index in [1.54, 1.807) is 72.8 Å². The average Bonchev–Trinajstić information content (AvgIpc) is 3.06. The van der Waals surface area contributed by atoms with Gasteiger partial charge in [-0.15, -0.1) is 0 Å². The van der Waals surface area contributed by atoms with Crippen LogP contribution in [0.5, 0.6) is 0 Å². The molecule has 0 bridgehead atoms. The standard InChI is InChI=1S/2C16H10ClN3O2.Mn/c2*17-11-3-5-12(6-4-11)19-20-14-8-10(9-21)16(22)15-13(14)2-1-7-18-15;/h2*1-9,19H;/b2*20-14-;. The maximum Gasteiger partial charge on any atom is 0.215 e. The molecular formula is C32H20Cl2MnN6O4. The Morgan fingerprint density at radius 3 is 1.33 bits per heavy atom. The number of allylic oxidation sites excluding steroid dienone is 4. The molecule has 45 heavy (non-hydrogen) atoms. The molecule has 0 atom stereocenters. The maximum atomic E-state index is 12.1. The van der Waals surface area contributed by atoms with Crippen molar-refractivity contribution in [2.45, 2.75) is 0 Å². The van der Waals surface area contributed by atoms with Crippen molar-refractivity contribution in [1.29, 1.82) is 0 Å². The molecule has 2 N–H and O–H groups in total. The minimum atomic E-state index is -0.393. The van der Waals surface area contributed by atoms with E-state index >= 15 is 0 Å². The molecule has 1 radical (unpaired) electrons. The Kier molecular flexibility index (Phi) is 11.0. The third-order valence-corrected chi connectivity index (χ3v) is 6.76. The number of nitrogens with one attached hydrogen (secondary N) is 2. The zero-order valence-electron chi connectivity index (χ0n) is 22.9. The number of hydrogen-bond acceptors (Lipinski definition) is 10. The van der Waals surface area contributed by atoms with E-state index in [0.29, 0.717) is 45.2 Å². The van der Waals surface area contributed by atoms with Gasteiger partial charge in [0.05, 0.1) is 33.9 Å². The van der Waals surface area contributed by atoms with Crippen LogP contribution in [0.3, 0.4) is 0 Å². The molecule has 223 valence electrons. The Morgan fingerprint density at radius 1 is 0.600 bits per heavy atom. The SMILES string of the molecule is O=CC1=C/C(=N/Nc2ccc(Cl)cc2)c2cccnc2C1=O.O=CC1=C/C(=N/Nc2ccc(Cl)cc2)c2cccnc2C1=O.[Mn]. The third-order valence-electron chi connectivity index (χ3n) is 6.26. The summed E-state index contributed by atoms with van der Waals surface area (Å²) >= 11 is 11.6. The zero-order chi connectivity index (χ0) is 31.1. The number of aromatic nitrogens is 2. The molecule has 0 saturated heterocycles. The van der Waals surface area contributed by atoms with Crippen molar-refractivity contribution in [3.05, 3.63) is 141 Å². The Morgan fingerprint density at radius 2 is 0.978 bits per heavy atom. The second kappa shape index (κ2) is 15.1. The smallest absolute Gasteiger partial charge is 0.215 e. The fourth-order valence-corrected chi connectivity index (χ4v) is 4.35. The van der Waals surface area contributed by atoms with Crippen LogP contribution in [0.15, 0.2) is 119 Å². The molecule has 10 nitrogen and oxygen atoms in total. The van der Waals surface area contributed by atoms with Gasteiger partial charge >= 0.3 is 0 Å². The number of anilines is 2. The number of hydrogen-bond donors (Lipinski definition) is 2. The molecule has 2 aliphatic rings. The molecule has 0 unspecified atom stereocenters. The summed E-state index contributed by atoms with van der Waals surface area (Å²) in [5, 5.41) is 9.75. The first kappa shape index (κ1) is 32.8. The quantitative estimate of drug-likeness (QED) is 0.114. The number of halogens is 2. The number of fused-ring (bicyclic) bond motifs is 2. The van der Waals surface area contributed by atoms with E-state index in [9.17, 15) is 19.2 Å². The molecule has 0 aliphatic heterocycles. The number of pyridine rings is 2. The molecule has 6 rings (SSSR count). The number of carbonyl (C=O) groups is 4.